The van der Waals surface area contributed by atoms with Crippen LogP contribution in [-0.2, 0) is 16.1 Å². The number of aromatic amines is 1. The van der Waals surface area contributed by atoms with Gasteiger partial charge < -0.3 is 15.0 Å². The number of benzene rings is 1. The molecule has 0 radical (unpaired) electrons. The van der Waals surface area contributed by atoms with Crippen LogP contribution in [0.1, 0.15) is 44.6 Å². The molecule has 1 aromatic heterocycles. The van der Waals surface area contributed by atoms with Crippen molar-refractivity contribution in [1.29, 1.82) is 0 Å². The minimum absolute atomic E-state index is 0.135. The van der Waals surface area contributed by atoms with Gasteiger partial charge in [0.15, 0.2) is 12.4 Å². The molecule has 0 spiro atoms. The van der Waals surface area contributed by atoms with Crippen LogP contribution in [0.25, 0.3) is 0 Å². The third-order valence-corrected chi connectivity index (χ3v) is 3.94. The van der Waals surface area contributed by atoms with Crippen LogP contribution in [0.15, 0.2) is 24.3 Å². The maximum Gasteiger partial charge on any atom is 0.355 e. The fraction of sp³-hybridized carbons (Fsp3) is 0.278. The van der Waals surface area contributed by atoms with Gasteiger partial charge in [-0.25, -0.2) is 4.79 Å². The third kappa shape index (κ3) is 4.70. The average Bonchev–Trinajstić information content (AvgIpc) is 2.85. The number of carbonyl (C=O) groups is 3. The Bertz CT molecular complexity index is 826. The second-order valence-corrected chi connectivity index (χ2v) is 6.10. The molecule has 2 aromatic rings. The van der Waals surface area contributed by atoms with Crippen LogP contribution >= 0.6 is 11.6 Å². The molecular formula is C18H19ClN2O4. The fourth-order valence-corrected chi connectivity index (χ4v) is 2.80. The van der Waals surface area contributed by atoms with Gasteiger partial charge in [-0.2, -0.15) is 0 Å². The molecule has 1 heterocycles. The van der Waals surface area contributed by atoms with Crippen molar-refractivity contribution in [2.75, 3.05) is 6.61 Å². The molecule has 0 aliphatic rings. The molecular weight excluding hydrogens is 344 g/mol. The average molecular weight is 363 g/mol. The van der Waals surface area contributed by atoms with E-state index < -0.39 is 18.5 Å². The van der Waals surface area contributed by atoms with Gasteiger partial charge in [-0.05, 0) is 44.0 Å². The number of rotatable bonds is 6. The van der Waals surface area contributed by atoms with E-state index in [1.165, 1.54) is 6.92 Å². The van der Waals surface area contributed by atoms with E-state index in [4.69, 9.17) is 16.3 Å². The predicted octanol–water partition coefficient (Wildman–Crippen LogP) is 2.96. The zero-order chi connectivity index (χ0) is 18.6. The number of nitrogens with one attached hydrogen (secondary N) is 2. The number of amides is 1. The van der Waals surface area contributed by atoms with Crippen LogP contribution in [0, 0.1) is 13.8 Å². The van der Waals surface area contributed by atoms with Gasteiger partial charge in [-0.3, -0.25) is 9.59 Å². The first-order valence-electron chi connectivity index (χ1n) is 7.68. The molecule has 0 atom stereocenters. The standard InChI is InChI=1S/C18H19ClN2O4/c1-10-16(12(3)22)11(2)21-17(10)18(24)25-9-15(23)20-8-13-5-4-6-14(19)7-13/h4-7,21H,8-9H2,1-3H3,(H,20,23). The van der Waals surface area contributed by atoms with Gasteiger partial charge in [-0.1, -0.05) is 23.7 Å². The van der Waals surface area contributed by atoms with Crippen LogP contribution in [0.3, 0.4) is 0 Å². The molecule has 0 saturated carbocycles. The minimum Gasteiger partial charge on any atom is -0.451 e. The number of ether oxygens (including phenoxy) is 1. The van der Waals surface area contributed by atoms with E-state index in [1.54, 1.807) is 32.0 Å². The Morgan fingerprint density at radius 2 is 1.96 bits per heavy atom. The number of aryl methyl sites for hydroxylation is 1. The highest BCUT2D eigenvalue weighted by molar-refractivity contribution is 6.30. The molecule has 7 heteroatoms. The fourth-order valence-electron chi connectivity index (χ4n) is 2.58. The van der Waals surface area contributed by atoms with Crippen LogP contribution in [-0.4, -0.2) is 29.3 Å². The van der Waals surface area contributed by atoms with Crippen LogP contribution in [0.5, 0.6) is 0 Å². The minimum atomic E-state index is -0.675. The highest BCUT2D eigenvalue weighted by atomic mass is 35.5. The highest BCUT2D eigenvalue weighted by Gasteiger charge is 2.21. The molecule has 6 nitrogen and oxygen atoms in total. The number of ketones is 1. The zero-order valence-corrected chi connectivity index (χ0v) is 15.0. The molecule has 25 heavy (non-hydrogen) atoms. The molecule has 0 bridgehead atoms. The summed E-state index contributed by atoms with van der Waals surface area (Å²) in [4.78, 5) is 38.4. The van der Waals surface area contributed by atoms with Crippen LogP contribution < -0.4 is 5.32 Å². The SMILES string of the molecule is CC(=O)c1c(C)[nH]c(C(=O)OCC(=O)NCc2cccc(Cl)c2)c1C. The predicted molar refractivity (Wildman–Crippen MR) is 93.9 cm³/mol. The topological polar surface area (TPSA) is 88.3 Å². The molecule has 1 aromatic carbocycles. The Labute approximate surface area is 150 Å². The zero-order valence-electron chi connectivity index (χ0n) is 14.2. The lowest BCUT2D eigenvalue weighted by atomic mass is 10.1. The number of H-pyrrole nitrogens is 1. The normalized spacial score (nSPS) is 10.4. The van der Waals surface area contributed by atoms with E-state index >= 15 is 0 Å². The summed E-state index contributed by atoms with van der Waals surface area (Å²) in [6.45, 7) is 4.67. The molecule has 0 aliphatic heterocycles. The van der Waals surface area contributed by atoms with Crippen LogP contribution in [0.4, 0.5) is 0 Å². The Kier molecular flexibility index (Phi) is 5.98. The summed E-state index contributed by atoms with van der Waals surface area (Å²) in [6, 6.07) is 7.09. The maximum atomic E-state index is 12.1. The van der Waals surface area contributed by atoms with E-state index in [0.717, 1.165) is 5.56 Å². The summed E-state index contributed by atoms with van der Waals surface area (Å²) in [6.07, 6.45) is 0. The number of hydrogen-bond donors (Lipinski definition) is 2. The highest BCUT2D eigenvalue weighted by Crippen LogP contribution is 2.19. The lowest BCUT2D eigenvalue weighted by Gasteiger charge is -2.07. The Hall–Kier alpha value is -2.60. The summed E-state index contributed by atoms with van der Waals surface area (Å²) in [5, 5.41) is 3.22. The number of carbonyl (C=O) groups excluding carboxylic acids is 3. The lowest BCUT2D eigenvalue weighted by molar-refractivity contribution is -0.124. The summed E-state index contributed by atoms with van der Waals surface area (Å²) in [7, 11) is 0. The quantitative estimate of drug-likeness (QED) is 0.610. The number of Topliss-reactive ketones (excluding diaryl/α,β-unsaturated/α-hetero) is 1. The van der Waals surface area contributed by atoms with E-state index in [1.807, 2.05) is 6.07 Å². The Balaban J connectivity index is 1.90. The Morgan fingerprint density at radius 1 is 1.24 bits per heavy atom. The number of hydrogen-bond acceptors (Lipinski definition) is 4. The van der Waals surface area contributed by atoms with Crippen molar-refractivity contribution in [1.82, 2.24) is 10.3 Å². The second kappa shape index (κ2) is 7.98. The molecule has 0 aliphatic carbocycles. The largest absolute Gasteiger partial charge is 0.451 e. The summed E-state index contributed by atoms with van der Waals surface area (Å²) >= 11 is 5.87. The van der Waals surface area contributed by atoms with Gasteiger partial charge >= 0.3 is 5.97 Å². The number of halogens is 1. The molecule has 2 N–H and O–H groups in total. The Morgan fingerprint density at radius 3 is 2.56 bits per heavy atom. The summed E-state index contributed by atoms with van der Waals surface area (Å²) in [5.41, 5.74) is 2.62. The van der Waals surface area contributed by atoms with Gasteiger partial charge in [0.2, 0.25) is 0 Å². The smallest absolute Gasteiger partial charge is 0.355 e. The van der Waals surface area contributed by atoms with E-state index in [2.05, 4.69) is 10.3 Å². The summed E-state index contributed by atoms with van der Waals surface area (Å²) in [5.74, 6) is -1.24. The van der Waals surface area contributed by atoms with Gasteiger partial charge in [-0.15, -0.1) is 0 Å². The molecule has 1 amide bonds. The van der Waals surface area contributed by atoms with E-state index in [0.29, 0.717) is 21.8 Å². The van der Waals surface area contributed by atoms with Crippen molar-refractivity contribution in [2.24, 2.45) is 0 Å². The molecule has 132 valence electrons. The summed E-state index contributed by atoms with van der Waals surface area (Å²) < 4.78 is 5.01. The molecule has 2 rings (SSSR count). The molecule has 0 fully saturated rings. The monoisotopic (exact) mass is 362 g/mol. The van der Waals surface area contributed by atoms with Crippen molar-refractivity contribution >= 4 is 29.3 Å². The van der Waals surface area contributed by atoms with Crippen molar-refractivity contribution in [3.8, 4) is 0 Å². The third-order valence-electron chi connectivity index (χ3n) is 3.71. The van der Waals surface area contributed by atoms with E-state index in [9.17, 15) is 14.4 Å². The number of aromatic nitrogens is 1. The van der Waals surface area contributed by atoms with Crippen molar-refractivity contribution in [3.63, 3.8) is 0 Å². The molecule has 0 unspecified atom stereocenters. The maximum absolute atomic E-state index is 12.1. The second-order valence-electron chi connectivity index (χ2n) is 5.66. The van der Waals surface area contributed by atoms with Gasteiger partial charge in [0, 0.05) is 22.8 Å². The van der Waals surface area contributed by atoms with Gasteiger partial charge in [0.25, 0.3) is 5.91 Å². The van der Waals surface area contributed by atoms with E-state index in [-0.39, 0.29) is 18.0 Å². The van der Waals surface area contributed by atoms with Crippen LogP contribution in [0.2, 0.25) is 5.02 Å². The van der Waals surface area contributed by atoms with Gasteiger partial charge in [0.05, 0.1) is 0 Å². The van der Waals surface area contributed by atoms with Crippen molar-refractivity contribution in [2.45, 2.75) is 27.3 Å². The lowest BCUT2D eigenvalue weighted by Crippen LogP contribution is -2.28. The molecule has 0 saturated heterocycles. The van der Waals surface area contributed by atoms with Crippen molar-refractivity contribution in [3.05, 3.63) is 57.4 Å². The first-order valence-corrected chi connectivity index (χ1v) is 8.05. The first kappa shape index (κ1) is 18.7. The first-order chi connectivity index (χ1) is 11.8. The van der Waals surface area contributed by atoms with Crippen molar-refractivity contribution < 1.29 is 19.1 Å². The van der Waals surface area contributed by atoms with Gasteiger partial charge in [0.1, 0.15) is 5.69 Å². The number of esters is 1.